The minimum atomic E-state index is 0.767. The number of allylic oxidation sites excluding steroid dienone is 2. The van der Waals surface area contributed by atoms with Crippen molar-refractivity contribution in [1.29, 1.82) is 0 Å². The number of hydrogen-bond acceptors (Lipinski definition) is 3. The Kier molecular flexibility index (Phi) is 12.6. The second kappa shape index (κ2) is 15.6. The maximum absolute atomic E-state index is 5.86. The van der Waals surface area contributed by atoms with Gasteiger partial charge in [0.15, 0.2) is 5.82 Å². The number of aromatic nitrogens is 2. The average Bonchev–Trinajstić information content (AvgIpc) is 2.81. The van der Waals surface area contributed by atoms with Crippen molar-refractivity contribution >= 4 is 0 Å². The van der Waals surface area contributed by atoms with Gasteiger partial charge in [-0.15, -0.1) is 0 Å². The summed E-state index contributed by atoms with van der Waals surface area (Å²) in [7, 11) is 0. The van der Waals surface area contributed by atoms with Gasteiger partial charge in [-0.05, 0) is 74.3 Å². The van der Waals surface area contributed by atoms with E-state index in [4.69, 9.17) is 4.74 Å². The smallest absolute Gasteiger partial charge is 0.159 e. The molecule has 0 aliphatic rings. The molecule has 0 radical (unpaired) electrons. The van der Waals surface area contributed by atoms with Crippen molar-refractivity contribution in [3.8, 4) is 17.1 Å². The monoisotopic (exact) mass is 422 g/mol. The van der Waals surface area contributed by atoms with Crippen LogP contribution in [0.3, 0.4) is 0 Å². The largest absolute Gasteiger partial charge is 0.494 e. The van der Waals surface area contributed by atoms with Gasteiger partial charge in [-0.25, -0.2) is 9.97 Å². The Labute approximate surface area is 190 Å². The molecule has 0 aliphatic carbocycles. The maximum Gasteiger partial charge on any atom is 0.159 e. The molecule has 3 nitrogen and oxygen atoms in total. The predicted molar refractivity (Wildman–Crippen MR) is 132 cm³/mol. The molecule has 0 spiro atoms. The molecule has 0 aliphatic heterocycles. The van der Waals surface area contributed by atoms with Crippen molar-refractivity contribution in [2.24, 2.45) is 5.92 Å². The lowest BCUT2D eigenvalue weighted by Crippen LogP contribution is -1.97. The first-order valence-corrected chi connectivity index (χ1v) is 12.4. The van der Waals surface area contributed by atoms with E-state index in [1.165, 1.54) is 56.9 Å². The highest BCUT2D eigenvalue weighted by Gasteiger charge is 2.04. The van der Waals surface area contributed by atoms with E-state index in [0.29, 0.717) is 0 Å². The summed E-state index contributed by atoms with van der Waals surface area (Å²) in [6, 6.07) is 8.13. The molecule has 0 saturated carbocycles. The molecule has 31 heavy (non-hydrogen) atoms. The lowest BCUT2D eigenvalue weighted by Gasteiger charge is -2.08. The molecule has 0 fully saturated rings. The first-order chi connectivity index (χ1) is 15.2. The van der Waals surface area contributed by atoms with Crippen molar-refractivity contribution in [3.05, 3.63) is 54.4 Å². The third-order valence-corrected chi connectivity index (χ3v) is 5.83. The third kappa shape index (κ3) is 10.6. The van der Waals surface area contributed by atoms with Crippen molar-refractivity contribution < 1.29 is 4.74 Å². The van der Waals surface area contributed by atoms with E-state index in [2.05, 4.69) is 42.9 Å². The van der Waals surface area contributed by atoms with Crippen molar-refractivity contribution in [3.63, 3.8) is 0 Å². The molecule has 0 N–H and O–H groups in total. The highest BCUT2D eigenvalue weighted by molar-refractivity contribution is 5.55. The van der Waals surface area contributed by atoms with Gasteiger partial charge in [-0.3, -0.25) is 0 Å². The normalized spacial score (nSPS) is 12.4. The van der Waals surface area contributed by atoms with E-state index in [0.717, 1.165) is 48.9 Å². The molecular formula is C28H42N2O. The highest BCUT2D eigenvalue weighted by atomic mass is 16.5. The topological polar surface area (TPSA) is 35.0 Å². The summed E-state index contributed by atoms with van der Waals surface area (Å²) >= 11 is 0. The second-order valence-electron chi connectivity index (χ2n) is 8.66. The Hall–Kier alpha value is -2.16. The van der Waals surface area contributed by atoms with Crippen LogP contribution in [0.2, 0.25) is 0 Å². The van der Waals surface area contributed by atoms with Crippen LogP contribution in [0.15, 0.2) is 48.8 Å². The van der Waals surface area contributed by atoms with Gasteiger partial charge < -0.3 is 4.74 Å². The molecule has 2 aromatic rings. The number of hydrogen-bond donors (Lipinski definition) is 0. The van der Waals surface area contributed by atoms with Crippen LogP contribution in [-0.2, 0) is 6.42 Å². The van der Waals surface area contributed by atoms with E-state index in [-0.39, 0.29) is 0 Å². The van der Waals surface area contributed by atoms with Gasteiger partial charge >= 0.3 is 0 Å². The van der Waals surface area contributed by atoms with Crippen LogP contribution in [0.25, 0.3) is 11.4 Å². The molecule has 2 rings (SSSR count). The summed E-state index contributed by atoms with van der Waals surface area (Å²) in [6.07, 6.45) is 21.9. The van der Waals surface area contributed by atoms with Gasteiger partial charge in [0.25, 0.3) is 0 Å². The summed E-state index contributed by atoms with van der Waals surface area (Å²) < 4.78 is 5.86. The Morgan fingerprint density at radius 3 is 2.32 bits per heavy atom. The van der Waals surface area contributed by atoms with E-state index in [1.54, 1.807) is 0 Å². The van der Waals surface area contributed by atoms with E-state index < -0.39 is 0 Å². The Morgan fingerprint density at radius 2 is 1.61 bits per heavy atom. The van der Waals surface area contributed by atoms with Crippen molar-refractivity contribution in [2.75, 3.05) is 6.61 Å². The molecule has 1 atom stereocenters. The maximum atomic E-state index is 5.86. The molecule has 170 valence electrons. The Morgan fingerprint density at radius 1 is 0.871 bits per heavy atom. The zero-order chi connectivity index (χ0) is 22.2. The summed E-state index contributed by atoms with van der Waals surface area (Å²) in [4.78, 5) is 9.16. The molecule has 0 saturated heterocycles. The third-order valence-electron chi connectivity index (χ3n) is 5.83. The summed E-state index contributed by atoms with van der Waals surface area (Å²) in [5, 5.41) is 0. The fourth-order valence-corrected chi connectivity index (χ4v) is 3.49. The van der Waals surface area contributed by atoms with Crippen LogP contribution in [0, 0.1) is 5.92 Å². The average molecular weight is 423 g/mol. The van der Waals surface area contributed by atoms with E-state index >= 15 is 0 Å². The minimum absolute atomic E-state index is 0.767. The number of ether oxygens (including phenoxy) is 1. The standard InChI is InChI=1S/C28H42N2O/c1-4-6-7-8-9-10-14-21-31-27-19-17-26(18-20-27)28-29-22-25(23-30-28)16-13-11-12-15-24(3)5-2/h7-8,17-20,22-24H,4-6,9-16,21H2,1-3H3/b8-7-/t24-/m0/s1. The van der Waals surface area contributed by atoms with Gasteiger partial charge in [-0.2, -0.15) is 0 Å². The van der Waals surface area contributed by atoms with Crippen molar-refractivity contribution in [2.45, 2.75) is 91.4 Å². The van der Waals surface area contributed by atoms with E-state index in [1.807, 2.05) is 36.7 Å². The molecule has 0 unspecified atom stereocenters. The number of rotatable bonds is 16. The zero-order valence-corrected chi connectivity index (χ0v) is 20.0. The van der Waals surface area contributed by atoms with Gasteiger partial charge in [0.2, 0.25) is 0 Å². The second-order valence-corrected chi connectivity index (χ2v) is 8.66. The van der Waals surface area contributed by atoms with Crippen LogP contribution < -0.4 is 4.74 Å². The van der Waals surface area contributed by atoms with Crippen LogP contribution >= 0.6 is 0 Å². The number of unbranched alkanes of at least 4 members (excludes halogenated alkanes) is 5. The Bertz CT molecular complexity index is 722. The van der Waals surface area contributed by atoms with Gasteiger partial charge in [0, 0.05) is 18.0 Å². The number of benzene rings is 1. The molecule has 0 amide bonds. The van der Waals surface area contributed by atoms with Gasteiger partial charge in [0.05, 0.1) is 6.61 Å². The van der Waals surface area contributed by atoms with Gasteiger partial charge in [-0.1, -0.05) is 65.0 Å². The van der Waals surface area contributed by atoms with E-state index in [9.17, 15) is 0 Å². The van der Waals surface area contributed by atoms with Crippen LogP contribution in [0.1, 0.15) is 90.5 Å². The summed E-state index contributed by atoms with van der Waals surface area (Å²) in [6.45, 7) is 7.60. The minimum Gasteiger partial charge on any atom is -0.494 e. The lowest BCUT2D eigenvalue weighted by atomic mass is 10.00. The van der Waals surface area contributed by atoms with Crippen LogP contribution in [0.4, 0.5) is 0 Å². The SMILES string of the molecule is CCC/C=C\CCCCOc1ccc(-c2ncc(CCCCC[C@@H](C)CC)cn2)cc1. The molecule has 0 bridgehead atoms. The lowest BCUT2D eigenvalue weighted by molar-refractivity contribution is 0.307. The fraction of sp³-hybridized carbons (Fsp3) is 0.571. The first kappa shape index (κ1) is 25.1. The quantitative estimate of drug-likeness (QED) is 0.202. The van der Waals surface area contributed by atoms with Crippen LogP contribution in [0.5, 0.6) is 5.75 Å². The Balaban J connectivity index is 1.67. The number of aryl methyl sites for hydroxylation is 1. The molecule has 3 heteroatoms. The fourth-order valence-electron chi connectivity index (χ4n) is 3.49. The predicted octanol–water partition coefficient (Wildman–Crippen LogP) is 8.20. The number of nitrogens with zero attached hydrogens (tertiary/aromatic N) is 2. The molecule has 1 aromatic carbocycles. The van der Waals surface area contributed by atoms with Gasteiger partial charge in [0.1, 0.15) is 5.75 Å². The summed E-state index contributed by atoms with van der Waals surface area (Å²) in [5.74, 6) is 2.56. The molecule has 1 aromatic heterocycles. The highest BCUT2D eigenvalue weighted by Crippen LogP contribution is 2.20. The molecule has 1 heterocycles. The van der Waals surface area contributed by atoms with Crippen molar-refractivity contribution in [1.82, 2.24) is 9.97 Å². The summed E-state index contributed by atoms with van der Waals surface area (Å²) in [5.41, 5.74) is 2.27. The first-order valence-electron chi connectivity index (χ1n) is 12.4. The molecular weight excluding hydrogens is 380 g/mol. The zero-order valence-electron chi connectivity index (χ0n) is 20.0. The van der Waals surface area contributed by atoms with Crippen LogP contribution in [-0.4, -0.2) is 16.6 Å².